The van der Waals surface area contributed by atoms with Gasteiger partial charge in [-0.1, -0.05) is 0 Å². The van der Waals surface area contributed by atoms with Crippen molar-refractivity contribution in [1.29, 1.82) is 0 Å². The van der Waals surface area contributed by atoms with Crippen molar-refractivity contribution < 1.29 is 14.3 Å². The van der Waals surface area contributed by atoms with Crippen molar-refractivity contribution in [1.82, 2.24) is 20.6 Å². The predicted molar refractivity (Wildman–Crippen MR) is 94.1 cm³/mol. The van der Waals surface area contributed by atoms with Crippen LogP contribution in [0.15, 0.2) is 0 Å². The number of ether oxygens (including phenoxy) is 2. The second-order valence-electron chi connectivity index (χ2n) is 6.61. The van der Waals surface area contributed by atoms with Crippen LogP contribution in [0.25, 0.3) is 0 Å². The van der Waals surface area contributed by atoms with E-state index in [1.165, 1.54) is 0 Å². The van der Waals surface area contributed by atoms with Gasteiger partial charge in [0.05, 0.1) is 32.5 Å². The zero-order chi connectivity index (χ0) is 17.8. The van der Waals surface area contributed by atoms with Crippen LogP contribution < -0.4 is 15.5 Å². The molecule has 1 aromatic rings. The molecule has 1 amide bonds. The molecule has 2 aliphatic rings. The normalized spacial score (nSPS) is 22.0. The average Bonchev–Trinajstić information content (AvgIpc) is 2.91. The summed E-state index contributed by atoms with van der Waals surface area (Å²) in [6, 6.07) is 0.579. The highest BCUT2D eigenvalue weighted by molar-refractivity contribution is 5.90. The molecule has 8 nitrogen and oxygen atoms in total. The molecule has 0 spiro atoms. The van der Waals surface area contributed by atoms with Gasteiger partial charge in [0.25, 0.3) is 5.91 Å². The van der Waals surface area contributed by atoms with Gasteiger partial charge in [0.15, 0.2) is 0 Å². The van der Waals surface area contributed by atoms with Gasteiger partial charge in [0.1, 0.15) is 5.82 Å². The molecule has 0 saturated carbocycles. The summed E-state index contributed by atoms with van der Waals surface area (Å²) in [4.78, 5) is 22.9. The number of hydrogen-bond donors (Lipinski definition) is 2. The van der Waals surface area contributed by atoms with Gasteiger partial charge < -0.3 is 25.0 Å². The van der Waals surface area contributed by atoms with Crippen LogP contribution in [0, 0.1) is 13.8 Å². The molecule has 138 valence electrons. The van der Waals surface area contributed by atoms with Crippen LogP contribution in [0.4, 0.5) is 5.82 Å². The van der Waals surface area contributed by atoms with E-state index in [0.717, 1.165) is 36.6 Å². The number of hydrogen-bond acceptors (Lipinski definition) is 7. The summed E-state index contributed by atoms with van der Waals surface area (Å²) in [6.07, 6.45) is 1.02. The first-order chi connectivity index (χ1) is 12.1. The Bertz CT molecular complexity index is 617. The molecule has 2 aliphatic heterocycles. The quantitative estimate of drug-likeness (QED) is 0.793. The van der Waals surface area contributed by atoms with Gasteiger partial charge in [-0.2, -0.15) is 0 Å². The lowest BCUT2D eigenvalue weighted by atomic mass is 10.2. The molecule has 1 atom stereocenters. The summed E-state index contributed by atoms with van der Waals surface area (Å²) in [5.41, 5.74) is 1.86. The first-order valence-corrected chi connectivity index (χ1v) is 8.82. The maximum atomic E-state index is 11.9. The molecule has 3 rings (SSSR count). The van der Waals surface area contributed by atoms with Crippen LogP contribution in [0.5, 0.6) is 0 Å². The highest BCUT2D eigenvalue weighted by Gasteiger charge is 2.28. The lowest BCUT2D eigenvalue weighted by Crippen LogP contribution is -2.44. The maximum Gasteiger partial charge on any atom is 0.288 e. The van der Waals surface area contributed by atoms with Gasteiger partial charge >= 0.3 is 0 Å². The van der Waals surface area contributed by atoms with Crippen molar-refractivity contribution in [2.75, 3.05) is 51.5 Å². The van der Waals surface area contributed by atoms with Crippen molar-refractivity contribution >= 4 is 11.7 Å². The Balaban J connectivity index is 1.68. The van der Waals surface area contributed by atoms with Gasteiger partial charge in [-0.15, -0.1) is 0 Å². The third-order valence-corrected chi connectivity index (χ3v) is 4.76. The standard InChI is InChI=1S/C17H27N5O3/c1-11-12(2)19-15(17(23)18-3)21-16(11)22-5-4-13(8-22)20-14-9-24-6-7-25-10-14/h13-14,20H,4-10H2,1-3H3,(H,18,23)/t13-/m1/s1. The summed E-state index contributed by atoms with van der Waals surface area (Å²) in [5, 5.41) is 6.22. The van der Waals surface area contributed by atoms with E-state index in [9.17, 15) is 4.79 Å². The molecule has 2 N–H and O–H groups in total. The SMILES string of the molecule is CNC(=O)c1nc(C)c(C)c(N2CC[C@@H](NC3COCCOC3)C2)n1. The minimum absolute atomic E-state index is 0.224. The third-order valence-electron chi connectivity index (χ3n) is 4.76. The Morgan fingerprint density at radius 3 is 2.56 bits per heavy atom. The Labute approximate surface area is 148 Å². The van der Waals surface area contributed by atoms with Crippen molar-refractivity contribution in [3.8, 4) is 0 Å². The number of anilines is 1. The van der Waals surface area contributed by atoms with Crippen LogP contribution in [0.2, 0.25) is 0 Å². The summed E-state index contributed by atoms with van der Waals surface area (Å²) >= 11 is 0. The maximum absolute atomic E-state index is 11.9. The van der Waals surface area contributed by atoms with Crippen LogP contribution in [-0.2, 0) is 9.47 Å². The molecule has 0 aliphatic carbocycles. The Morgan fingerprint density at radius 2 is 1.88 bits per heavy atom. The van der Waals surface area contributed by atoms with E-state index in [0.29, 0.717) is 32.5 Å². The van der Waals surface area contributed by atoms with Gasteiger partial charge in [0, 0.05) is 37.4 Å². The van der Waals surface area contributed by atoms with Gasteiger partial charge in [-0.25, -0.2) is 9.97 Å². The Hall–Kier alpha value is -1.77. The first kappa shape index (κ1) is 18.0. The molecular weight excluding hydrogens is 322 g/mol. The molecule has 2 fully saturated rings. The van der Waals surface area contributed by atoms with Crippen molar-refractivity contribution in [2.24, 2.45) is 0 Å². The summed E-state index contributed by atoms with van der Waals surface area (Å²) in [6.45, 7) is 8.36. The minimum atomic E-state index is -0.258. The molecule has 1 aromatic heterocycles. The second kappa shape index (κ2) is 8.07. The topological polar surface area (TPSA) is 88.6 Å². The molecule has 3 heterocycles. The Kier molecular flexibility index (Phi) is 5.82. The number of nitrogens with zero attached hydrogens (tertiary/aromatic N) is 3. The highest BCUT2D eigenvalue weighted by Crippen LogP contribution is 2.24. The van der Waals surface area contributed by atoms with E-state index in [1.807, 2.05) is 13.8 Å². The third kappa shape index (κ3) is 4.26. The van der Waals surface area contributed by atoms with E-state index in [2.05, 4.69) is 25.5 Å². The lowest BCUT2D eigenvalue weighted by Gasteiger charge is -2.23. The fourth-order valence-corrected chi connectivity index (χ4v) is 3.27. The largest absolute Gasteiger partial charge is 0.377 e. The summed E-state index contributed by atoms with van der Waals surface area (Å²) in [7, 11) is 1.59. The molecule has 0 bridgehead atoms. The van der Waals surface area contributed by atoms with Crippen LogP contribution >= 0.6 is 0 Å². The average molecular weight is 349 g/mol. The fourth-order valence-electron chi connectivity index (χ4n) is 3.27. The molecule has 8 heteroatoms. The predicted octanol–water partition coefficient (Wildman–Crippen LogP) is 0.0367. The number of aromatic nitrogens is 2. The zero-order valence-electron chi connectivity index (χ0n) is 15.2. The highest BCUT2D eigenvalue weighted by atomic mass is 16.5. The van der Waals surface area contributed by atoms with E-state index in [-0.39, 0.29) is 17.8 Å². The van der Waals surface area contributed by atoms with Gasteiger partial charge in [-0.3, -0.25) is 4.79 Å². The molecule has 0 radical (unpaired) electrons. The van der Waals surface area contributed by atoms with Crippen LogP contribution in [0.3, 0.4) is 0 Å². The Morgan fingerprint density at radius 1 is 1.16 bits per heavy atom. The number of rotatable bonds is 4. The molecule has 0 aromatic carbocycles. The molecule has 0 unspecified atom stereocenters. The molecule has 2 saturated heterocycles. The molecule has 25 heavy (non-hydrogen) atoms. The number of carbonyl (C=O) groups excluding carboxylic acids is 1. The number of carbonyl (C=O) groups is 1. The summed E-state index contributed by atoms with van der Waals surface area (Å²) < 4.78 is 11.1. The molecular formula is C17H27N5O3. The van der Waals surface area contributed by atoms with Crippen molar-refractivity contribution in [2.45, 2.75) is 32.4 Å². The fraction of sp³-hybridized carbons (Fsp3) is 0.706. The van der Waals surface area contributed by atoms with E-state index in [4.69, 9.17) is 9.47 Å². The van der Waals surface area contributed by atoms with Gasteiger partial charge in [-0.05, 0) is 20.3 Å². The monoisotopic (exact) mass is 349 g/mol. The second-order valence-corrected chi connectivity index (χ2v) is 6.61. The van der Waals surface area contributed by atoms with E-state index in [1.54, 1.807) is 7.05 Å². The minimum Gasteiger partial charge on any atom is -0.377 e. The zero-order valence-corrected chi connectivity index (χ0v) is 15.2. The van der Waals surface area contributed by atoms with E-state index < -0.39 is 0 Å². The number of aryl methyl sites for hydroxylation is 1. The van der Waals surface area contributed by atoms with Crippen molar-refractivity contribution in [3.63, 3.8) is 0 Å². The van der Waals surface area contributed by atoms with E-state index >= 15 is 0 Å². The first-order valence-electron chi connectivity index (χ1n) is 8.82. The van der Waals surface area contributed by atoms with Gasteiger partial charge in [0.2, 0.25) is 5.82 Å². The van der Waals surface area contributed by atoms with Crippen LogP contribution in [-0.4, -0.2) is 74.5 Å². The van der Waals surface area contributed by atoms with Crippen molar-refractivity contribution in [3.05, 3.63) is 17.1 Å². The van der Waals surface area contributed by atoms with Crippen LogP contribution in [0.1, 0.15) is 28.3 Å². The number of nitrogens with one attached hydrogen (secondary N) is 2. The lowest BCUT2D eigenvalue weighted by molar-refractivity contribution is 0.0952. The number of amides is 1. The summed E-state index contributed by atoms with van der Waals surface area (Å²) in [5.74, 6) is 0.817. The smallest absolute Gasteiger partial charge is 0.288 e.